The molecule has 0 radical (unpaired) electrons. The Morgan fingerprint density at radius 1 is 1.32 bits per heavy atom. The number of nitrogens with zero attached hydrogens (tertiary/aromatic N) is 4. The largest absolute Gasteiger partial charge is 0.309 e. The minimum Gasteiger partial charge on any atom is -0.309 e. The molecule has 1 aliphatic carbocycles. The van der Waals surface area contributed by atoms with Crippen LogP contribution in [0.3, 0.4) is 0 Å². The van der Waals surface area contributed by atoms with Gasteiger partial charge in [0.1, 0.15) is 10.7 Å². The molecule has 0 amide bonds. The Hall–Kier alpha value is -1.97. The summed E-state index contributed by atoms with van der Waals surface area (Å²) >= 11 is 4.86. The summed E-state index contributed by atoms with van der Waals surface area (Å²) in [5.41, 5.74) is 0.965. The number of H-pyrrole nitrogens is 1. The number of thioether (sulfide) groups is 1. The molecule has 1 atom stereocenters. The van der Waals surface area contributed by atoms with Crippen molar-refractivity contribution in [1.82, 2.24) is 24.7 Å². The molecule has 1 fully saturated rings. The maximum Gasteiger partial charge on any atom is 0.259 e. The number of aromatic amines is 1. The lowest BCUT2D eigenvalue weighted by atomic mass is 10.2. The van der Waals surface area contributed by atoms with Gasteiger partial charge in [-0.25, -0.2) is 4.98 Å². The number of hydrogen-bond acceptors (Lipinski definition) is 7. The van der Waals surface area contributed by atoms with Crippen LogP contribution in [0.4, 0.5) is 0 Å². The van der Waals surface area contributed by atoms with Gasteiger partial charge in [0.2, 0.25) is 0 Å². The van der Waals surface area contributed by atoms with Crippen molar-refractivity contribution in [2.24, 2.45) is 0 Å². The molecule has 4 heterocycles. The van der Waals surface area contributed by atoms with Crippen molar-refractivity contribution in [2.75, 3.05) is 0 Å². The highest BCUT2D eigenvalue weighted by Crippen LogP contribution is 2.44. The Labute approximate surface area is 174 Å². The predicted molar refractivity (Wildman–Crippen MR) is 116 cm³/mol. The maximum atomic E-state index is 12.6. The molecule has 6 nitrogen and oxygen atoms in total. The van der Waals surface area contributed by atoms with Crippen LogP contribution < -0.4 is 5.56 Å². The third-order valence-corrected chi connectivity index (χ3v) is 8.08. The fraction of sp³-hybridized carbons (Fsp3) is 0.368. The molecule has 5 rings (SSSR count). The fourth-order valence-corrected chi connectivity index (χ4v) is 5.99. The van der Waals surface area contributed by atoms with Crippen molar-refractivity contribution in [1.29, 1.82) is 0 Å². The monoisotopic (exact) mass is 429 g/mol. The zero-order chi connectivity index (χ0) is 19.4. The first kappa shape index (κ1) is 18.1. The third-order valence-electron chi connectivity index (χ3n) is 5.04. The lowest BCUT2D eigenvalue weighted by Crippen LogP contribution is -2.12. The molecule has 1 unspecified atom stereocenters. The van der Waals surface area contributed by atoms with Crippen molar-refractivity contribution in [2.45, 2.75) is 50.1 Å². The summed E-state index contributed by atoms with van der Waals surface area (Å²) in [6.45, 7) is 6.06. The summed E-state index contributed by atoms with van der Waals surface area (Å²) in [4.78, 5) is 23.4. The second-order valence-corrected chi connectivity index (χ2v) is 10.5. The second kappa shape index (κ2) is 6.82. The van der Waals surface area contributed by atoms with Gasteiger partial charge in [-0.3, -0.25) is 9.36 Å². The van der Waals surface area contributed by atoms with Crippen LogP contribution in [0.1, 0.15) is 47.3 Å². The molecule has 1 aliphatic rings. The van der Waals surface area contributed by atoms with Gasteiger partial charge >= 0.3 is 0 Å². The normalized spacial score (nSPS) is 15.4. The quantitative estimate of drug-likeness (QED) is 0.446. The smallest absolute Gasteiger partial charge is 0.259 e. The van der Waals surface area contributed by atoms with Crippen molar-refractivity contribution < 1.29 is 0 Å². The molecule has 0 saturated heterocycles. The van der Waals surface area contributed by atoms with E-state index in [9.17, 15) is 4.79 Å². The average molecular weight is 430 g/mol. The standard InChI is InChI=1S/C19H19N5OS3/c1-9-10(2)27-18-14(9)17(25)20-15(21-18)11(3)28-19-23-22-16(13-5-4-8-26-13)24(19)12-6-7-12/h4-5,8,11-12H,6-7H2,1-3H3,(H,20,21,25). The highest BCUT2D eigenvalue weighted by molar-refractivity contribution is 7.99. The van der Waals surface area contributed by atoms with Crippen LogP contribution in [0.5, 0.6) is 0 Å². The van der Waals surface area contributed by atoms with Crippen molar-refractivity contribution in [3.05, 3.63) is 44.1 Å². The van der Waals surface area contributed by atoms with Gasteiger partial charge in [0.25, 0.3) is 5.56 Å². The maximum absolute atomic E-state index is 12.6. The Kier molecular flexibility index (Phi) is 4.41. The van der Waals surface area contributed by atoms with E-state index < -0.39 is 0 Å². The molecular formula is C19H19N5OS3. The molecule has 4 aromatic rings. The minimum absolute atomic E-state index is 0.0299. The molecule has 4 aromatic heterocycles. The Morgan fingerprint density at radius 3 is 2.86 bits per heavy atom. The van der Waals surface area contributed by atoms with E-state index in [0.717, 1.165) is 44.0 Å². The van der Waals surface area contributed by atoms with Gasteiger partial charge in [0.05, 0.1) is 15.5 Å². The first-order valence-electron chi connectivity index (χ1n) is 9.18. The number of thiophene rings is 2. The van der Waals surface area contributed by atoms with Crippen LogP contribution in [-0.4, -0.2) is 24.7 Å². The van der Waals surface area contributed by atoms with Gasteiger partial charge in [-0.2, -0.15) is 0 Å². The molecular weight excluding hydrogens is 410 g/mol. The SMILES string of the molecule is Cc1sc2nc(C(C)Sc3nnc(-c4cccs4)n3C3CC3)[nH]c(=O)c2c1C. The molecule has 9 heteroatoms. The molecule has 0 bridgehead atoms. The van der Waals surface area contributed by atoms with E-state index in [4.69, 9.17) is 4.98 Å². The summed E-state index contributed by atoms with van der Waals surface area (Å²) < 4.78 is 2.25. The van der Waals surface area contributed by atoms with Gasteiger partial charge in [-0.1, -0.05) is 17.8 Å². The van der Waals surface area contributed by atoms with Crippen molar-refractivity contribution in [3.8, 4) is 10.7 Å². The number of hydrogen-bond donors (Lipinski definition) is 1. The van der Waals surface area contributed by atoms with Crippen LogP contribution >= 0.6 is 34.4 Å². The second-order valence-electron chi connectivity index (χ2n) is 7.06. The molecule has 1 N–H and O–H groups in total. The third kappa shape index (κ3) is 3.01. The van der Waals surface area contributed by atoms with Crippen molar-refractivity contribution >= 4 is 44.7 Å². The molecule has 0 spiro atoms. The zero-order valence-electron chi connectivity index (χ0n) is 15.7. The number of fused-ring (bicyclic) bond motifs is 1. The first-order valence-corrected chi connectivity index (χ1v) is 11.8. The van der Waals surface area contributed by atoms with E-state index in [1.54, 1.807) is 34.4 Å². The Morgan fingerprint density at radius 2 is 2.14 bits per heavy atom. The minimum atomic E-state index is -0.0581. The van der Waals surface area contributed by atoms with Crippen LogP contribution in [0.25, 0.3) is 20.9 Å². The lowest BCUT2D eigenvalue weighted by Gasteiger charge is -2.12. The Bertz CT molecular complexity index is 1220. The van der Waals surface area contributed by atoms with Crippen molar-refractivity contribution in [3.63, 3.8) is 0 Å². The number of nitrogens with one attached hydrogen (secondary N) is 1. The summed E-state index contributed by atoms with van der Waals surface area (Å²) in [6.07, 6.45) is 2.32. The van der Waals surface area contributed by atoms with Crippen LogP contribution in [0.2, 0.25) is 0 Å². The summed E-state index contributed by atoms with van der Waals surface area (Å²) in [6, 6.07) is 4.59. The van der Waals surface area contributed by atoms with E-state index >= 15 is 0 Å². The topological polar surface area (TPSA) is 76.5 Å². The highest BCUT2D eigenvalue weighted by Gasteiger charge is 2.31. The van der Waals surface area contributed by atoms with E-state index in [1.807, 2.05) is 19.9 Å². The Balaban J connectivity index is 1.50. The van der Waals surface area contributed by atoms with Gasteiger partial charge in [0.15, 0.2) is 11.0 Å². The van der Waals surface area contributed by atoms with Crippen LogP contribution in [0.15, 0.2) is 27.5 Å². The first-order chi connectivity index (χ1) is 13.5. The summed E-state index contributed by atoms with van der Waals surface area (Å²) in [5, 5.41) is 12.6. The number of aromatic nitrogens is 5. The van der Waals surface area contributed by atoms with Gasteiger partial charge < -0.3 is 4.98 Å². The van der Waals surface area contributed by atoms with E-state index in [1.165, 1.54) is 0 Å². The van der Waals surface area contributed by atoms with Crippen LogP contribution in [-0.2, 0) is 0 Å². The van der Waals surface area contributed by atoms with Gasteiger partial charge in [0, 0.05) is 10.9 Å². The summed E-state index contributed by atoms with van der Waals surface area (Å²) in [7, 11) is 0. The molecule has 0 aromatic carbocycles. The molecule has 0 aliphatic heterocycles. The number of rotatable bonds is 5. The van der Waals surface area contributed by atoms with E-state index in [2.05, 4.69) is 38.1 Å². The van der Waals surface area contributed by atoms with E-state index in [-0.39, 0.29) is 10.8 Å². The summed E-state index contributed by atoms with van der Waals surface area (Å²) in [5.74, 6) is 1.63. The van der Waals surface area contributed by atoms with Gasteiger partial charge in [-0.15, -0.1) is 32.9 Å². The van der Waals surface area contributed by atoms with Gasteiger partial charge in [-0.05, 0) is 50.6 Å². The molecule has 1 saturated carbocycles. The van der Waals surface area contributed by atoms with E-state index in [0.29, 0.717) is 17.3 Å². The van der Waals surface area contributed by atoms with Crippen LogP contribution in [0, 0.1) is 13.8 Å². The highest BCUT2D eigenvalue weighted by atomic mass is 32.2. The predicted octanol–water partition coefficient (Wildman–Crippen LogP) is 5.11. The number of aryl methyl sites for hydroxylation is 2. The zero-order valence-corrected chi connectivity index (χ0v) is 18.2. The molecule has 28 heavy (non-hydrogen) atoms. The fourth-order valence-electron chi connectivity index (χ4n) is 3.27. The average Bonchev–Trinajstić information content (AvgIpc) is 3.07. The lowest BCUT2D eigenvalue weighted by molar-refractivity contribution is 0.668. The molecule has 144 valence electrons.